The van der Waals surface area contributed by atoms with Crippen LogP contribution in [0.4, 0.5) is 0 Å². The van der Waals surface area contributed by atoms with Crippen molar-refractivity contribution in [1.29, 1.82) is 0 Å². The van der Waals surface area contributed by atoms with Gasteiger partial charge in [-0.15, -0.1) is 0 Å². The van der Waals surface area contributed by atoms with E-state index in [1.165, 1.54) is 0 Å². The Bertz CT molecular complexity index is 562. The van der Waals surface area contributed by atoms with Crippen molar-refractivity contribution in [1.82, 2.24) is 14.7 Å². The maximum absolute atomic E-state index is 12.0. The summed E-state index contributed by atoms with van der Waals surface area (Å²) >= 11 is 6.07. The van der Waals surface area contributed by atoms with Gasteiger partial charge in [0.1, 0.15) is 5.69 Å². The molecule has 17 heavy (non-hydrogen) atoms. The average molecular weight is 252 g/mol. The Labute approximate surface area is 105 Å². The van der Waals surface area contributed by atoms with Crippen molar-refractivity contribution in [2.75, 3.05) is 6.54 Å². The highest BCUT2D eigenvalue weighted by molar-refractivity contribution is 6.33. The van der Waals surface area contributed by atoms with Crippen LogP contribution in [0.1, 0.15) is 30.0 Å². The summed E-state index contributed by atoms with van der Waals surface area (Å²) in [6, 6.07) is 3.57. The van der Waals surface area contributed by atoms with Crippen molar-refractivity contribution in [2.45, 2.75) is 20.3 Å². The Hall–Kier alpha value is -1.55. The van der Waals surface area contributed by atoms with Crippen LogP contribution in [-0.4, -0.2) is 21.8 Å². The Morgan fingerprint density at radius 3 is 2.94 bits per heavy atom. The number of amides is 1. The van der Waals surface area contributed by atoms with Gasteiger partial charge in [0.15, 0.2) is 5.65 Å². The molecule has 2 aromatic heterocycles. The van der Waals surface area contributed by atoms with Crippen LogP contribution in [0.25, 0.3) is 5.65 Å². The van der Waals surface area contributed by atoms with Crippen molar-refractivity contribution >= 4 is 23.2 Å². The molecular formula is C12H14ClN3O. The summed E-state index contributed by atoms with van der Waals surface area (Å²) in [5, 5.41) is 3.34. The molecule has 4 nitrogen and oxygen atoms in total. The number of nitrogens with zero attached hydrogens (tertiary/aromatic N) is 2. The van der Waals surface area contributed by atoms with Gasteiger partial charge in [0, 0.05) is 12.7 Å². The molecule has 0 aliphatic carbocycles. The predicted octanol–water partition coefficient (Wildman–Crippen LogP) is 2.30. The first-order valence-electron chi connectivity index (χ1n) is 5.62. The summed E-state index contributed by atoms with van der Waals surface area (Å²) in [5.41, 5.74) is 1.98. The van der Waals surface area contributed by atoms with Gasteiger partial charge in [0.25, 0.3) is 5.91 Å². The van der Waals surface area contributed by atoms with Crippen molar-refractivity contribution in [3.8, 4) is 0 Å². The number of rotatable bonds is 3. The second kappa shape index (κ2) is 4.75. The number of aryl methyl sites for hydroxylation is 1. The second-order valence-corrected chi connectivity index (χ2v) is 4.08. The Kier molecular flexibility index (Phi) is 3.33. The lowest BCUT2D eigenvalue weighted by molar-refractivity contribution is 0.0949. The summed E-state index contributed by atoms with van der Waals surface area (Å²) in [7, 11) is 0. The zero-order valence-electron chi connectivity index (χ0n) is 9.83. The topological polar surface area (TPSA) is 46.4 Å². The van der Waals surface area contributed by atoms with Gasteiger partial charge < -0.3 is 5.32 Å². The minimum Gasteiger partial charge on any atom is -0.351 e. The van der Waals surface area contributed by atoms with E-state index < -0.39 is 0 Å². The van der Waals surface area contributed by atoms with Crippen molar-refractivity contribution in [3.63, 3.8) is 0 Å². The van der Waals surface area contributed by atoms with Gasteiger partial charge in [-0.2, -0.15) is 0 Å². The first kappa shape index (κ1) is 11.9. The zero-order valence-corrected chi connectivity index (χ0v) is 10.6. The van der Waals surface area contributed by atoms with E-state index in [0.29, 0.717) is 29.3 Å². The molecule has 0 radical (unpaired) electrons. The van der Waals surface area contributed by atoms with E-state index in [1.54, 1.807) is 22.7 Å². The molecule has 90 valence electrons. The first-order chi connectivity index (χ1) is 8.19. The Morgan fingerprint density at radius 1 is 1.53 bits per heavy atom. The molecule has 0 aliphatic rings. The Balaban J connectivity index is 2.67. The molecule has 1 N–H and O–H groups in total. The number of nitrogens with one attached hydrogen (secondary N) is 1. The zero-order chi connectivity index (χ0) is 12.4. The van der Waals surface area contributed by atoms with Crippen molar-refractivity contribution < 1.29 is 4.79 Å². The summed E-state index contributed by atoms with van der Waals surface area (Å²) < 4.78 is 1.74. The van der Waals surface area contributed by atoms with Crippen LogP contribution >= 0.6 is 11.6 Å². The number of halogens is 1. The standard InChI is InChI=1S/C12H14ClN3O/c1-3-9-10(12(17)14-4-2)16-7-5-6-8(13)11(16)15-9/h5-7H,3-4H2,1-2H3,(H,14,17). The highest BCUT2D eigenvalue weighted by Crippen LogP contribution is 2.20. The molecule has 0 spiro atoms. The van der Waals surface area contributed by atoms with Crippen LogP contribution in [0.5, 0.6) is 0 Å². The molecule has 0 aromatic carbocycles. The van der Waals surface area contributed by atoms with E-state index in [0.717, 1.165) is 5.69 Å². The van der Waals surface area contributed by atoms with Gasteiger partial charge in [0.2, 0.25) is 0 Å². The third-order valence-corrected chi connectivity index (χ3v) is 2.86. The normalized spacial score (nSPS) is 10.8. The summed E-state index contributed by atoms with van der Waals surface area (Å²) in [4.78, 5) is 16.4. The quantitative estimate of drug-likeness (QED) is 0.910. The monoisotopic (exact) mass is 251 g/mol. The number of hydrogen-bond donors (Lipinski definition) is 1. The van der Waals surface area contributed by atoms with Gasteiger partial charge in [-0.25, -0.2) is 4.98 Å². The molecule has 2 aromatic rings. The number of pyridine rings is 1. The molecule has 2 rings (SSSR count). The number of fused-ring (bicyclic) bond motifs is 1. The smallest absolute Gasteiger partial charge is 0.270 e. The van der Waals surface area contributed by atoms with E-state index in [9.17, 15) is 4.79 Å². The van der Waals surface area contributed by atoms with Gasteiger partial charge in [0.05, 0.1) is 10.7 Å². The van der Waals surface area contributed by atoms with Crippen molar-refractivity contribution in [3.05, 3.63) is 34.7 Å². The largest absolute Gasteiger partial charge is 0.351 e. The SMILES string of the molecule is CCNC(=O)c1c(CC)nc2c(Cl)cccn12. The van der Waals surface area contributed by atoms with Gasteiger partial charge in [-0.1, -0.05) is 18.5 Å². The van der Waals surface area contributed by atoms with Crippen LogP contribution in [-0.2, 0) is 6.42 Å². The number of hydrogen-bond acceptors (Lipinski definition) is 2. The molecule has 0 fully saturated rings. The number of carbonyl (C=O) groups excluding carboxylic acids is 1. The molecular weight excluding hydrogens is 238 g/mol. The minimum absolute atomic E-state index is 0.112. The number of aromatic nitrogens is 2. The molecule has 2 heterocycles. The minimum atomic E-state index is -0.112. The van der Waals surface area contributed by atoms with Gasteiger partial charge >= 0.3 is 0 Å². The highest BCUT2D eigenvalue weighted by atomic mass is 35.5. The second-order valence-electron chi connectivity index (χ2n) is 3.67. The van der Waals surface area contributed by atoms with E-state index >= 15 is 0 Å². The maximum Gasteiger partial charge on any atom is 0.270 e. The Morgan fingerprint density at radius 2 is 2.29 bits per heavy atom. The van der Waals surface area contributed by atoms with E-state index in [-0.39, 0.29) is 5.91 Å². The maximum atomic E-state index is 12.0. The lowest BCUT2D eigenvalue weighted by Crippen LogP contribution is -2.25. The number of carbonyl (C=O) groups is 1. The summed E-state index contributed by atoms with van der Waals surface area (Å²) in [6.07, 6.45) is 2.50. The lowest BCUT2D eigenvalue weighted by Gasteiger charge is -2.04. The fourth-order valence-corrected chi connectivity index (χ4v) is 2.02. The van der Waals surface area contributed by atoms with Crippen LogP contribution in [0.3, 0.4) is 0 Å². The molecule has 0 saturated heterocycles. The van der Waals surface area contributed by atoms with Crippen LogP contribution in [0, 0.1) is 0 Å². The highest BCUT2D eigenvalue weighted by Gasteiger charge is 2.18. The molecule has 1 amide bonds. The molecule has 0 aliphatic heterocycles. The van der Waals surface area contributed by atoms with Crippen molar-refractivity contribution in [2.24, 2.45) is 0 Å². The summed E-state index contributed by atoms with van der Waals surface area (Å²) in [5.74, 6) is -0.112. The molecule has 0 atom stereocenters. The molecule has 0 bridgehead atoms. The molecule has 0 unspecified atom stereocenters. The van der Waals surface area contributed by atoms with Crippen LogP contribution < -0.4 is 5.32 Å². The van der Waals surface area contributed by atoms with Gasteiger partial charge in [-0.3, -0.25) is 9.20 Å². The third kappa shape index (κ3) is 2.00. The fraction of sp³-hybridized carbons (Fsp3) is 0.333. The molecule has 0 saturated carbocycles. The number of imidazole rings is 1. The fourth-order valence-electron chi connectivity index (χ4n) is 1.81. The molecule has 5 heteroatoms. The predicted molar refractivity (Wildman–Crippen MR) is 67.6 cm³/mol. The lowest BCUT2D eigenvalue weighted by atomic mass is 10.2. The third-order valence-electron chi connectivity index (χ3n) is 2.56. The van der Waals surface area contributed by atoms with E-state index in [4.69, 9.17) is 11.6 Å². The first-order valence-corrected chi connectivity index (χ1v) is 6.00. The van der Waals surface area contributed by atoms with E-state index in [1.807, 2.05) is 13.8 Å². The van der Waals surface area contributed by atoms with E-state index in [2.05, 4.69) is 10.3 Å². The van der Waals surface area contributed by atoms with Gasteiger partial charge in [-0.05, 0) is 25.5 Å². The average Bonchev–Trinajstić information content (AvgIpc) is 2.69. The van der Waals surface area contributed by atoms with Crippen LogP contribution in [0.15, 0.2) is 18.3 Å². The van der Waals surface area contributed by atoms with Crippen LogP contribution in [0.2, 0.25) is 5.02 Å². The summed E-state index contributed by atoms with van der Waals surface area (Å²) in [6.45, 7) is 4.45.